The topological polar surface area (TPSA) is 71.1 Å². The molecule has 0 aliphatic rings. The van der Waals surface area contributed by atoms with E-state index >= 15 is 0 Å². The van der Waals surface area contributed by atoms with Crippen molar-refractivity contribution >= 4 is 41.7 Å². The van der Waals surface area contributed by atoms with Crippen molar-refractivity contribution in [1.82, 2.24) is 0 Å². The van der Waals surface area contributed by atoms with Crippen LogP contribution in [0.15, 0.2) is 18.2 Å². The highest BCUT2D eigenvalue weighted by Crippen LogP contribution is 2.48. The smallest absolute Gasteiger partial charge is 0.309 e. The molecule has 6 nitrogen and oxygen atoms in total. The molecule has 0 amide bonds. The van der Waals surface area contributed by atoms with Crippen LogP contribution in [0.5, 0.6) is 0 Å². The summed E-state index contributed by atoms with van der Waals surface area (Å²) in [6, 6.07) is 4.76. The summed E-state index contributed by atoms with van der Waals surface area (Å²) in [5.41, 5.74) is 0.751. The minimum atomic E-state index is -3.44. The van der Waals surface area contributed by atoms with Crippen LogP contribution in [0.1, 0.15) is 5.56 Å². The Labute approximate surface area is 127 Å². The van der Waals surface area contributed by atoms with Gasteiger partial charge in [0.25, 0.3) is 0 Å². The van der Waals surface area contributed by atoms with Crippen molar-refractivity contribution in [2.75, 3.05) is 28.4 Å². The Bertz CT molecular complexity index is 502. The fourth-order valence-electron chi connectivity index (χ4n) is 1.62. The fraction of sp³-hybridized carbons (Fsp3) is 0.455. The second-order valence-corrected chi connectivity index (χ2v) is 8.76. The molecule has 1 rings (SSSR count). The molecule has 0 saturated heterocycles. The minimum Gasteiger partial charge on any atom is -0.309 e. The summed E-state index contributed by atoms with van der Waals surface area (Å²) >= 11 is 3.30. The Morgan fingerprint density at radius 2 is 1.20 bits per heavy atom. The van der Waals surface area contributed by atoms with Crippen LogP contribution in [-0.4, -0.2) is 28.4 Å². The molecule has 114 valence electrons. The maximum atomic E-state index is 12.4. The molecule has 0 fully saturated rings. The first kappa shape index (κ1) is 18.1. The predicted molar refractivity (Wildman–Crippen MR) is 81.6 cm³/mol. The molecule has 0 heterocycles. The average molecular weight is 387 g/mol. The number of benzene rings is 1. The zero-order valence-corrected chi connectivity index (χ0v) is 15.0. The summed E-state index contributed by atoms with van der Waals surface area (Å²) in [4.78, 5) is 0. The third-order valence-electron chi connectivity index (χ3n) is 2.71. The van der Waals surface area contributed by atoms with Gasteiger partial charge in [0, 0.05) is 33.8 Å². The van der Waals surface area contributed by atoms with Crippen molar-refractivity contribution in [1.29, 1.82) is 0 Å². The van der Waals surface area contributed by atoms with Gasteiger partial charge in [0.15, 0.2) is 0 Å². The largest absolute Gasteiger partial charge is 0.360 e. The molecule has 1 aromatic rings. The van der Waals surface area contributed by atoms with Gasteiger partial charge >= 0.3 is 15.2 Å². The van der Waals surface area contributed by atoms with Crippen LogP contribution in [0.25, 0.3) is 0 Å². The lowest BCUT2D eigenvalue weighted by Crippen LogP contribution is -2.18. The van der Waals surface area contributed by atoms with Crippen molar-refractivity contribution in [2.24, 2.45) is 0 Å². The first-order chi connectivity index (χ1) is 9.38. The molecule has 20 heavy (non-hydrogen) atoms. The Hall–Kier alpha value is -0.000000000000000111. The van der Waals surface area contributed by atoms with Crippen molar-refractivity contribution in [3.05, 3.63) is 23.8 Å². The Kier molecular flexibility index (Phi) is 6.61. The second-order valence-electron chi connectivity index (χ2n) is 3.72. The molecule has 1 aromatic carbocycles. The Morgan fingerprint density at radius 1 is 0.850 bits per heavy atom. The SMILES string of the molecule is COP(=O)(OC)c1cc(CBr)cc(P(=O)(OC)OC)c1. The Morgan fingerprint density at radius 3 is 1.45 bits per heavy atom. The van der Waals surface area contributed by atoms with Gasteiger partial charge in [0.05, 0.1) is 10.6 Å². The van der Waals surface area contributed by atoms with Crippen molar-refractivity contribution in [2.45, 2.75) is 5.33 Å². The van der Waals surface area contributed by atoms with Crippen molar-refractivity contribution < 1.29 is 27.2 Å². The lowest BCUT2D eigenvalue weighted by Gasteiger charge is -2.19. The molecule has 0 N–H and O–H groups in total. The monoisotopic (exact) mass is 386 g/mol. The fourth-order valence-corrected chi connectivity index (χ4v) is 4.43. The van der Waals surface area contributed by atoms with E-state index in [9.17, 15) is 9.13 Å². The summed E-state index contributed by atoms with van der Waals surface area (Å²) in [7, 11) is -1.73. The van der Waals surface area contributed by atoms with Crippen LogP contribution in [0.4, 0.5) is 0 Å². The number of rotatable bonds is 7. The molecule has 0 saturated carbocycles. The summed E-state index contributed by atoms with van der Waals surface area (Å²) < 4.78 is 44.7. The lowest BCUT2D eigenvalue weighted by molar-refractivity contribution is 0.287. The van der Waals surface area contributed by atoms with E-state index in [-0.39, 0.29) is 0 Å². The van der Waals surface area contributed by atoms with E-state index in [1.807, 2.05) is 0 Å². The summed E-state index contributed by atoms with van der Waals surface area (Å²) in [5.74, 6) is 0. The molecule has 0 aliphatic heterocycles. The predicted octanol–water partition coefficient (Wildman–Crippen LogP) is 2.80. The standard InChI is InChI=1S/C11H17BrO6P2/c1-15-19(13,16-2)10-5-9(8-12)6-11(7-10)20(14,17-3)18-4/h5-7H,8H2,1-4H3. The van der Waals surface area contributed by atoms with Crippen LogP contribution in [-0.2, 0) is 32.6 Å². The maximum Gasteiger partial charge on any atom is 0.360 e. The molecule has 0 spiro atoms. The van der Waals surface area contributed by atoms with Crippen LogP contribution >= 0.6 is 31.1 Å². The maximum absolute atomic E-state index is 12.4. The van der Waals surface area contributed by atoms with E-state index < -0.39 is 15.2 Å². The quantitative estimate of drug-likeness (QED) is 0.530. The van der Waals surface area contributed by atoms with E-state index in [1.165, 1.54) is 34.5 Å². The van der Waals surface area contributed by atoms with E-state index in [0.717, 1.165) is 5.56 Å². The van der Waals surface area contributed by atoms with Gasteiger partial charge in [-0.1, -0.05) is 15.9 Å². The number of halogens is 1. The normalized spacial score (nSPS) is 12.7. The van der Waals surface area contributed by atoms with Crippen LogP contribution in [0.2, 0.25) is 0 Å². The van der Waals surface area contributed by atoms with Gasteiger partial charge in [-0.2, -0.15) is 0 Å². The lowest BCUT2D eigenvalue weighted by atomic mass is 10.2. The van der Waals surface area contributed by atoms with Crippen molar-refractivity contribution in [3.8, 4) is 0 Å². The number of hydrogen-bond donors (Lipinski definition) is 0. The number of hydrogen-bond acceptors (Lipinski definition) is 6. The molecule has 9 heteroatoms. The van der Waals surface area contributed by atoms with E-state index in [0.29, 0.717) is 15.9 Å². The zero-order chi connectivity index (χ0) is 15.4. The summed E-state index contributed by atoms with van der Waals surface area (Å²) in [6.45, 7) is 0. The second kappa shape index (κ2) is 7.32. The molecule has 0 aromatic heterocycles. The Balaban J connectivity index is 3.51. The van der Waals surface area contributed by atoms with Crippen LogP contribution in [0, 0.1) is 0 Å². The first-order valence-corrected chi connectivity index (χ1v) is 9.74. The first-order valence-electron chi connectivity index (χ1n) is 5.53. The van der Waals surface area contributed by atoms with E-state index in [2.05, 4.69) is 15.9 Å². The molecule has 0 aliphatic carbocycles. The van der Waals surface area contributed by atoms with Gasteiger partial charge in [0.1, 0.15) is 0 Å². The molecular formula is C11H17BrO6P2. The van der Waals surface area contributed by atoms with Gasteiger partial charge in [-0.15, -0.1) is 0 Å². The van der Waals surface area contributed by atoms with Gasteiger partial charge in [-0.3, -0.25) is 9.13 Å². The molecule has 0 bridgehead atoms. The van der Waals surface area contributed by atoms with Gasteiger partial charge in [-0.05, 0) is 23.8 Å². The third kappa shape index (κ3) is 3.60. The van der Waals surface area contributed by atoms with E-state index in [4.69, 9.17) is 18.1 Å². The summed E-state index contributed by atoms with van der Waals surface area (Å²) in [6.07, 6.45) is 0. The van der Waals surface area contributed by atoms with Gasteiger partial charge in [0.2, 0.25) is 0 Å². The number of alkyl halides is 1. The summed E-state index contributed by atoms with van der Waals surface area (Å²) in [5, 5.41) is 1.07. The average Bonchev–Trinajstić information content (AvgIpc) is 2.52. The van der Waals surface area contributed by atoms with Crippen LogP contribution in [0.3, 0.4) is 0 Å². The molecule has 0 unspecified atom stereocenters. The third-order valence-corrected chi connectivity index (χ3v) is 7.06. The highest BCUT2D eigenvalue weighted by molar-refractivity contribution is 9.08. The molecular weight excluding hydrogens is 370 g/mol. The molecule has 0 atom stereocenters. The van der Waals surface area contributed by atoms with Crippen LogP contribution < -0.4 is 10.6 Å². The highest BCUT2D eigenvalue weighted by atomic mass is 79.9. The highest BCUT2D eigenvalue weighted by Gasteiger charge is 2.30. The van der Waals surface area contributed by atoms with Gasteiger partial charge < -0.3 is 18.1 Å². The zero-order valence-electron chi connectivity index (χ0n) is 11.7. The molecule has 0 radical (unpaired) electrons. The minimum absolute atomic E-state index is 0.295. The van der Waals surface area contributed by atoms with Crippen molar-refractivity contribution in [3.63, 3.8) is 0 Å². The van der Waals surface area contributed by atoms with Gasteiger partial charge in [-0.25, -0.2) is 0 Å². The van der Waals surface area contributed by atoms with E-state index in [1.54, 1.807) is 12.1 Å².